The van der Waals surface area contributed by atoms with Crippen LogP contribution in [-0.4, -0.2) is 11.7 Å². The van der Waals surface area contributed by atoms with Crippen LogP contribution in [0.3, 0.4) is 0 Å². The van der Waals surface area contributed by atoms with Crippen LogP contribution in [0.2, 0.25) is 0 Å². The van der Waals surface area contributed by atoms with E-state index in [1.165, 1.54) is 16.7 Å². The zero-order valence-corrected chi connectivity index (χ0v) is 13.6. The van der Waals surface area contributed by atoms with Gasteiger partial charge in [-0.05, 0) is 65.1 Å². The summed E-state index contributed by atoms with van der Waals surface area (Å²) in [5.41, 5.74) is 14.1. The van der Waals surface area contributed by atoms with Crippen LogP contribution >= 0.6 is 0 Å². The average Bonchev–Trinajstić information content (AvgIpc) is 3.04. The van der Waals surface area contributed by atoms with Gasteiger partial charge in [-0.3, -0.25) is 0 Å². The van der Waals surface area contributed by atoms with Crippen molar-refractivity contribution in [2.75, 3.05) is 6.54 Å². The maximum atomic E-state index is 10.6. The third kappa shape index (κ3) is 3.67. The lowest BCUT2D eigenvalue weighted by atomic mass is 9.96. The molecule has 1 unspecified atom stereocenters. The van der Waals surface area contributed by atoms with Crippen molar-refractivity contribution in [3.8, 4) is 0 Å². The van der Waals surface area contributed by atoms with E-state index in [1.807, 2.05) is 36.4 Å². The molecule has 0 spiro atoms. The molecule has 2 aromatic carbocycles. The Bertz CT molecular complexity index is 777. The molecule has 3 rings (SSSR count). The Balaban J connectivity index is 1.78. The minimum absolute atomic E-state index is 0.542. The van der Waals surface area contributed by atoms with Gasteiger partial charge in [0.2, 0.25) is 0 Å². The van der Waals surface area contributed by atoms with Crippen LogP contribution in [0.4, 0.5) is 0 Å². The molecule has 24 heavy (non-hydrogen) atoms. The van der Waals surface area contributed by atoms with Crippen molar-refractivity contribution in [1.29, 1.82) is 0 Å². The van der Waals surface area contributed by atoms with Crippen molar-refractivity contribution >= 4 is 5.57 Å². The Morgan fingerprint density at radius 2 is 1.96 bits per heavy atom. The fraction of sp³-hybridized carbons (Fsp3) is 0.300. The van der Waals surface area contributed by atoms with Crippen LogP contribution in [-0.2, 0) is 6.42 Å². The molecule has 1 aliphatic carbocycles. The molecule has 1 aliphatic rings. The predicted molar refractivity (Wildman–Crippen MR) is 96.5 cm³/mol. The molecule has 0 fully saturated rings. The van der Waals surface area contributed by atoms with Gasteiger partial charge in [0.15, 0.2) is 0 Å². The number of unbranched alkanes of at least 4 members (excludes halogenated alkanes) is 1. The Kier molecular flexibility index (Phi) is 5.32. The van der Waals surface area contributed by atoms with Crippen molar-refractivity contribution in [2.45, 2.75) is 31.8 Å². The largest absolute Gasteiger partial charge is 0.384 e. The number of rotatable bonds is 6. The molecule has 4 heteroatoms. The number of aliphatic hydroxyl groups is 1. The summed E-state index contributed by atoms with van der Waals surface area (Å²) in [7, 11) is 0. The number of benzene rings is 2. The van der Waals surface area contributed by atoms with Crippen molar-refractivity contribution < 1.29 is 5.11 Å². The zero-order chi connectivity index (χ0) is 16.8. The van der Waals surface area contributed by atoms with Crippen LogP contribution < -0.4 is 0 Å². The van der Waals surface area contributed by atoms with Gasteiger partial charge in [-0.1, -0.05) is 53.7 Å². The molecule has 0 radical (unpaired) electrons. The fourth-order valence-electron chi connectivity index (χ4n) is 3.21. The molecule has 0 heterocycles. The first-order valence-corrected chi connectivity index (χ1v) is 8.35. The molecular weight excluding hydrogens is 298 g/mol. The van der Waals surface area contributed by atoms with Gasteiger partial charge in [-0.15, -0.1) is 0 Å². The number of nitrogens with zero attached hydrogens (tertiary/aromatic N) is 3. The van der Waals surface area contributed by atoms with E-state index in [0.29, 0.717) is 6.54 Å². The Labute approximate surface area is 142 Å². The van der Waals surface area contributed by atoms with Gasteiger partial charge in [0.05, 0.1) is 0 Å². The number of azide groups is 1. The van der Waals surface area contributed by atoms with E-state index in [0.717, 1.165) is 36.8 Å². The normalized spacial score (nSPS) is 15.8. The Hall–Kier alpha value is -2.55. The van der Waals surface area contributed by atoms with Gasteiger partial charge in [0.25, 0.3) is 0 Å². The molecule has 0 aromatic heterocycles. The highest BCUT2D eigenvalue weighted by Crippen LogP contribution is 2.35. The zero-order valence-electron chi connectivity index (χ0n) is 13.6. The van der Waals surface area contributed by atoms with Crippen molar-refractivity contribution in [1.82, 2.24) is 0 Å². The molecule has 1 atom stereocenters. The minimum Gasteiger partial charge on any atom is -0.384 e. The molecule has 122 valence electrons. The van der Waals surface area contributed by atoms with Crippen LogP contribution in [0.15, 0.2) is 59.7 Å². The highest BCUT2D eigenvalue weighted by atomic mass is 16.3. The summed E-state index contributed by atoms with van der Waals surface area (Å²) in [6, 6.07) is 16.0. The van der Waals surface area contributed by atoms with E-state index in [4.69, 9.17) is 5.53 Å². The van der Waals surface area contributed by atoms with E-state index in [9.17, 15) is 5.11 Å². The van der Waals surface area contributed by atoms with Crippen molar-refractivity contribution in [3.05, 3.63) is 87.3 Å². The Morgan fingerprint density at radius 1 is 1.12 bits per heavy atom. The average molecular weight is 319 g/mol. The van der Waals surface area contributed by atoms with Gasteiger partial charge in [0, 0.05) is 11.5 Å². The lowest BCUT2D eigenvalue weighted by Crippen LogP contribution is -2.00. The van der Waals surface area contributed by atoms with Crippen LogP contribution in [0.25, 0.3) is 16.0 Å². The summed E-state index contributed by atoms with van der Waals surface area (Å²) in [6.45, 7) is 0.542. The van der Waals surface area contributed by atoms with Crippen molar-refractivity contribution in [3.63, 3.8) is 0 Å². The summed E-state index contributed by atoms with van der Waals surface area (Å²) in [5, 5.41) is 14.2. The van der Waals surface area contributed by atoms with E-state index < -0.39 is 6.10 Å². The van der Waals surface area contributed by atoms with Gasteiger partial charge >= 0.3 is 0 Å². The summed E-state index contributed by atoms with van der Waals surface area (Å²) in [6.07, 6.45) is 5.54. The third-order valence-electron chi connectivity index (χ3n) is 4.49. The third-order valence-corrected chi connectivity index (χ3v) is 4.49. The van der Waals surface area contributed by atoms with E-state index in [-0.39, 0.29) is 0 Å². The topological polar surface area (TPSA) is 69.0 Å². The molecular formula is C20H21N3O. The maximum Gasteiger partial charge on any atom is 0.104 e. The van der Waals surface area contributed by atoms with Crippen LogP contribution in [0, 0.1) is 0 Å². The molecule has 1 N–H and O–H groups in total. The standard InChI is InChI=1S/C20H21N3O/c21-23-22-13-5-4-6-15-9-10-16-11-12-18(14-19(15)16)20(24)17-7-2-1-3-8-17/h1-3,6-8,11-12,14,20,24H,4-5,9-10,13H2. The van der Waals surface area contributed by atoms with Gasteiger partial charge in [0.1, 0.15) is 6.10 Å². The quantitative estimate of drug-likeness (QED) is 0.338. The number of aliphatic hydroxyl groups excluding tert-OH is 1. The molecule has 0 aliphatic heterocycles. The summed E-state index contributed by atoms with van der Waals surface area (Å²) < 4.78 is 0. The highest BCUT2D eigenvalue weighted by Gasteiger charge is 2.18. The lowest BCUT2D eigenvalue weighted by molar-refractivity contribution is 0.220. The van der Waals surface area contributed by atoms with E-state index in [2.05, 4.69) is 28.2 Å². The van der Waals surface area contributed by atoms with E-state index >= 15 is 0 Å². The second-order valence-corrected chi connectivity index (χ2v) is 6.06. The number of hydrogen-bond acceptors (Lipinski definition) is 2. The number of aryl methyl sites for hydroxylation is 1. The Morgan fingerprint density at radius 3 is 2.75 bits per heavy atom. The first-order chi connectivity index (χ1) is 11.8. The molecule has 4 nitrogen and oxygen atoms in total. The first-order valence-electron chi connectivity index (χ1n) is 8.35. The number of hydrogen-bond donors (Lipinski definition) is 1. The van der Waals surface area contributed by atoms with E-state index in [1.54, 1.807) is 0 Å². The SMILES string of the molecule is [N-]=[N+]=NCCCC=C1CCc2ccc(C(O)c3ccccc3)cc21. The summed E-state index contributed by atoms with van der Waals surface area (Å²) in [5.74, 6) is 0. The minimum atomic E-state index is -0.594. The number of allylic oxidation sites excluding steroid dienone is 2. The second-order valence-electron chi connectivity index (χ2n) is 6.06. The number of fused-ring (bicyclic) bond motifs is 1. The summed E-state index contributed by atoms with van der Waals surface area (Å²) >= 11 is 0. The van der Waals surface area contributed by atoms with Gasteiger partial charge in [-0.2, -0.15) is 0 Å². The molecule has 0 bridgehead atoms. The highest BCUT2D eigenvalue weighted by molar-refractivity contribution is 5.73. The van der Waals surface area contributed by atoms with Crippen molar-refractivity contribution in [2.24, 2.45) is 5.11 Å². The second kappa shape index (κ2) is 7.82. The monoisotopic (exact) mass is 319 g/mol. The maximum absolute atomic E-state index is 10.6. The smallest absolute Gasteiger partial charge is 0.104 e. The lowest BCUT2D eigenvalue weighted by Gasteiger charge is -2.13. The molecule has 0 amide bonds. The molecule has 0 saturated carbocycles. The van der Waals surface area contributed by atoms with Crippen LogP contribution in [0.1, 0.15) is 47.6 Å². The molecule has 0 saturated heterocycles. The predicted octanol–water partition coefficient (Wildman–Crippen LogP) is 5.19. The summed E-state index contributed by atoms with van der Waals surface area (Å²) in [4.78, 5) is 2.78. The van der Waals surface area contributed by atoms with Gasteiger partial charge in [-0.25, -0.2) is 0 Å². The van der Waals surface area contributed by atoms with Crippen LogP contribution in [0.5, 0.6) is 0 Å². The molecule has 2 aromatic rings. The fourth-order valence-corrected chi connectivity index (χ4v) is 3.21. The van der Waals surface area contributed by atoms with Gasteiger partial charge < -0.3 is 5.11 Å². The first kappa shape index (κ1) is 16.3.